The van der Waals surface area contributed by atoms with Gasteiger partial charge in [0.1, 0.15) is 0 Å². The van der Waals surface area contributed by atoms with Gasteiger partial charge in [-0.25, -0.2) is 0 Å². The minimum atomic E-state index is 0.484. The Bertz CT molecular complexity index is 298. The Balaban J connectivity index is 2.87. The number of hydrogen-bond acceptors (Lipinski definition) is 1. The van der Waals surface area contributed by atoms with Gasteiger partial charge in [0, 0.05) is 9.61 Å². The Hall–Kier alpha value is -0.0900. The standard InChI is InChI=1S/C13H20IN/c1-4-7-10(2)13(15-3)11-8-5-6-9-12(11)14/h5-6,8-10,13,15H,4,7H2,1-3H3. The molecule has 0 heterocycles. The molecule has 0 radical (unpaired) electrons. The first kappa shape index (κ1) is 13.0. The summed E-state index contributed by atoms with van der Waals surface area (Å²) in [5, 5.41) is 3.44. The maximum absolute atomic E-state index is 3.44. The van der Waals surface area contributed by atoms with E-state index in [0.717, 1.165) is 0 Å². The summed E-state index contributed by atoms with van der Waals surface area (Å²) >= 11 is 2.42. The molecular weight excluding hydrogens is 297 g/mol. The molecular formula is C13H20IN. The average Bonchev–Trinajstić information content (AvgIpc) is 2.22. The van der Waals surface area contributed by atoms with Gasteiger partial charge in [0.05, 0.1) is 0 Å². The van der Waals surface area contributed by atoms with Crippen LogP contribution in [0.1, 0.15) is 38.3 Å². The number of hydrogen-bond donors (Lipinski definition) is 1. The summed E-state index contributed by atoms with van der Waals surface area (Å²) in [5.74, 6) is 0.691. The van der Waals surface area contributed by atoms with Gasteiger partial charge in [0.25, 0.3) is 0 Å². The summed E-state index contributed by atoms with van der Waals surface area (Å²) < 4.78 is 1.36. The van der Waals surface area contributed by atoms with Crippen LogP contribution in [0.15, 0.2) is 24.3 Å². The summed E-state index contributed by atoms with van der Waals surface area (Å²) in [6, 6.07) is 9.12. The van der Waals surface area contributed by atoms with E-state index in [0.29, 0.717) is 12.0 Å². The van der Waals surface area contributed by atoms with Crippen LogP contribution in [0.4, 0.5) is 0 Å². The lowest BCUT2D eigenvalue weighted by Crippen LogP contribution is -2.24. The fourth-order valence-electron chi connectivity index (χ4n) is 2.10. The average molecular weight is 317 g/mol. The van der Waals surface area contributed by atoms with Crippen LogP contribution in [0.5, 0.6) is 0 Å². The zero-order valence-electron chi connectivity index (χ0n) is 9.76. The Morgan fingerprint density at radius 2 is 2.00 bits per heavy atom. The third-order valence-corrected chi connectivity index (χ3v) is 3.85. The molecule has 0 saturated heterocycles. The zero-order valence-corrected chi connectivity index (χ0v) is 11.9. The van der Waals surface area contributed by atoms with Gasteiger partial charge in [-0.05, 0) is 53.6 Å². The summed E-state index contributed by atoms with van der Waals surface area (Å²) in [5.41, 5.74) is 1.43. The highest BCUT2D eigenvalue weighted by molar-refractivity contribution is 14.1. The van der Waals surface area contributed by atoms with E-state index in [1.165, 1.54) is 22.0 Å². The molecule has 0 aromatic heterocycles. The molecule has 15 heavy (non-hydrogen) atoms. The van der Waals surface area contributed by atoms with Gasteiger partial charge in [-0.3, -0.25) is 0 Å². The van der Waals surface area contributed by atoms with E-state index in [1.807, 2.05) is 0 Å². The van der Waals surface area contributed by atoms with E-state index < -0.39 is 0 Å². The van der Waals surface area contributed by atoms with Gasteiger partial charge in [-0.1, -0.05) is 38.5 Å². The van der Waals surface area contributed by atoms with Gasteiger partial charge >= 0.3 is 0 Å². The molecule has 0 spiro atoms. The van der Waals surface area contributed by atoms with Crippen molar-refractivity contribution >= 4 is 22.6 Å². The second kappa shape index (κ2) is 6.48. The predicted octanol–water partition coefficient (Wildman–Crippen LogP) is 3.99. The van der Waals surface area contributed by atoms with Crippen LogP contribution in [0.3, 0.4) is 0 Å². The second-order valence-electron chi connectivity index (χ2n) is 4.05. The van der Waals surface area contributed by atoms with E-state index in [9.17, 15) is 0 Å². The highest BCUT2D eigenvalue weighted by Crippen LogP contribution is 2.28. The number of rotatable bonds is 5. The molecule has 0 aliphatic heterocycles. The lowest BCUT2D eigenvalue weighted by atomic mass is 9.91. The largest absolute Gasteiger partial charge is 0.313 e. The molecule has 1 aromatic rings. The molecule has 2 unspecified atom stereocenters. The first-order chi connectivity index (χ1) is 7.20. The molecule has 1 nitrogen and oxygen atoms in total. The van der Waals surface area contributed by atoms with Crippen LogP contribution >= 0.6 is 22.6 Å². The summed E-state index contributed by atoms with van der Waals surface area (Å²) in [4.78, 5) is 0. The van der Waals surface area contributed by atoms with Crippen molar-refractivity contribution in [2.45, 2.75) is 32.7 Å². The third kappa shape index (κ3) is 3.45. The summed E-state index contributed by atoms with van der Waals surface area (Å²) in [6.45, 7) is 4.58. The topological polar surface area (TPSA) is 12.0 Å². The minimum absolute atomic E-state index is 0.484. The van der Waals surface area contributed by atoms with Crippen LogP contribution in [0.25, 0.3) is 0 Å². The quantitative estimate of drug-likeness (QED) is 0.810. The smallest absolute Gasteiger partial charge is 0.0354 e. The van der Waals surface area contributed by atoms with E-state index in [2.05, 4.69) is 73.1 Å². The predicted molar refractivity (Wildman–Crippen MR) is 75.0 cm³/mol. The van der Waals surface area contributed by atoms with Crippen molar-refractivity contribution in [1.82, 2.24) is 5.32 Å². The van der Waals surface area contributed by atoms with Gasteiger partial charge in [-0.2, -0.15) is 0 Å². The number of nitrogens with one attached hydrogen (secondary N) is 1. The second-order valence-corrected chi connectivity index (χ2v) is 5.22. The van der Waals surface area contributed by atoms with Crippen LogP contribution in [-0.4, -0.2) is 7.05 Å². The molecule has 84 valence electrons. The summed E-state index contributed by atoms with van der Waals surface area (Å²) in [6.07, 6.45) is 2.53. The van der Waals surface area contributed by atoms with Crippen LogP contribution in [0, 0.1) is 9.49 Å². The molecule has 1 N–H and O–H groups in total. The molecule has 2 atom stereocenters. The third-order valence-electron chi connectivity index (χ3n) is 2.86. The Kier molecular flexibility index (Phi) is 5.61. The lowest BCUT2D eigenvalue weighted by molar-refractivity contribution is 0.383. The normalized spacial score (nSPS) is 14.9. The van der Waals surface area contributed by atoms with Gasteiger partial charge in [0.2, 0.25) is 0 Å². The lowest BCUT2D eigenvalue weighted by Gasteiger charge is -2.24. The summed E-state index contributed by atoms with van der Waals surface area (Å²) in [7, 11) is 2.06. The monoisotopic (exact) mass is 317 g/mol. The highest BCUT2D eigenvalue weighted by Gasteiger charge is 2.18. The van der Waals surface area contributed by atoms with Crippen molar-refractivity contribution in [3.05, 3.63) is 33.4 Å². The van der Waals surface area contributed by atoms with Crippen molar-refractivity contribution in [3.8, 4) is 0 Å². The molecule has 0 fully saturated rings. The highest BCUT2D eigenvalue weighted by atomic mass is 127. The fourth-order valence-corrected chi connectivity index (χ4v) is 2.82. The van der Waals surface area contributed by atoms with Crippen LogP contribution < -0.4 is 5.32 Å². The van der Waals surface area contributed by atoms with Gasteiger partial charge < -0.3 is 5.32 Å². The Labute approximate surface area is 107 Å². The van der Waals surface area contributed by atoms with Crippen LogP contribution in [-0.2, 0) is 0 Å². The number of benzene rings is 1. The molecule has 0 bridgehead atoms. The van der Waals surface area contributed by atoms with E-state index >= 15 is 0 Å². The molecule has 1 aromatic carbocycles. The van der Waals surface area contributed by atoms with Crippen molar-refractivity contribution in [3.63, 3.8) is 0 Å². The maximum Gasteiger partial charge on any atom is 0.0354 e. The first-order valence-electron chi connectivity index (χ1n) is 5.62. The molecule has 0 saturated carbocycles. The van der Waals surface area contributed by atoms with Crippen LogP contribution in [0.2, 0.25) is 0 Å². The zero-order chi connectivity index (χ0) is 11.3. The number of halogens is 1. The molecule has 2 heteroatoms. The molecule has 0 amide bonds. The van der Waals surface area contributed by atoms with E-state index in [-0.39, 0.29) is 0 Å². The molecule has 0 aliphatic carbocycles. The Morgan fingerprint density at radius 1 is 1.33 bits per heavy atom. The first-order valence-corrected chi connectivity index (χ1v) is 6.70. The molecule has 1 rings (SSSR count). The maximum atomic E-state index is 3.44. The van der Waals surface area contributed by atoms with E-state index in [4.69, 9.17) is 0 Å². The van der Waals surface area contributed by atoms with Crippen molar-refractivity contribution in [1.29, 1.82) is 0 Å². The van der Waals surface area contributed by atoms with Gasteiger partial charge in [0.15, 0.2) is 0 Å². The molecule has 0 aliphatic rings. The SMILES string of the molecule is CCCC(C)C(NC)c1ccccc1I. The van der Waals surface area contributed by atoms with Crippen molar-refractivity contribution in [2.75, 3.05) is 7.05 Å². The van der Waals surface area contributed by atoms with Crippen molar-refractivity contribution < 1.29 is 0 Å². The Morgan fingerprint density at radius 3 is 2.53 bits per heavy atom. The minimum Gasteiger partial charge on any atom is -0.313 e. The van der Waals surface area contributed by atoms with E-state index in [1.54, 1.807) is 0 Å². The fraction of sp³-hybridized carbons (Fsp3) is 0.538. The van der Waals surface area contributed by atoms with Gasteiger partial charge in [-0.15, -0.1) is 0 Å². The van der Waals surface area contributed by atoms with Crippen molar-refractivity contribution in [2.24, 2.45) is 5.92 Å².